The van der Waals surface area contributed by atoms with Crippen LogP contribution in [0.2, 0.25) is 0 Å². The Kier molecular flexibility index (Phi) is 4.86. The third kappa shape index (κ3) is 3.72. The maximum atomic E-state index is 12.4. The Bertz CT molecular complexity index is 448. The molecular formula is C15H20BrNO2. The van der Waals surface area contributed by atoms with Gasteiger partial charge in [-0.25, -0.2) is 0 Å². The number of rotatable bonds is 4. The van der Waals surface area contributed by atoms with Gasteiger partial charge in [-0.3, -0.25) is 4.79 Å². The standard InChI is InChI=1S/C15H20BrNO2/c1-11(16)7-8-17(2)15(18)13-9-12-5-3-4-6-14(12)19-10-13/h3-6,11,13H,7-10H2,1-2H3. The molecule has 1 amide bonds. The zero-order valence-electron chi connectivity index (χ0n) is 11.4. The monoisotopic (exact) mass is 325 g/mol. The van der Waals surface area contributed by atoms with E-state index in [-0.39, 0.29) is 11.8 Å². The molecule has 0 fully saturated rings. The van der Waals surface area contributed by atoms with Crippen molar-refractivity contribution in [2.75, 3.05) is 20.2 Å². The first-order valence-corrected chi connectivity index (χ1v) is 7.59. The smallest absolute Gasteiger partial charge is 0.229 e. The number of nitrogens with zero attached hydrogens (tertiary/aromatic N) is 1. The van der Waals surface area contributed by atoms with Gasteiger partial charge in [0.25, 0.3) is 0 Å². The number of carbonyl (C=O) groups is 1. The molecule has 0 radical (unpaired) electrons. The molecule has 1 aromatic rings. The van der Waals surface area contributed by atoms with E-state index in [2.05, 4.69) is 22.9 Å². The second-order valence-electron chi connectivity index (χ2n) is 5.15. The summed E-state index contributed by atoms with van der Waals surface area (Å²) in [5.74, 6) is 1.05. The van der Waals surface area contributed by atoms with Crippen LogP contribution in [-0.4, -0.2) is 35.8 Å². The van der Waals surface area contributed by atoms with E-state index < -0.39 is 0 Å². The van der Waals surface area contributed by atoms with Crippen LogP contribution in [0.3, 0.4) is 0 Å². The number of carbonyl (C=O) groups excluding carboxylic acids is 1. The van der Waals surface area contributed by atoms with E-state index in [0.717, 1.165) is 30.7 Å². The quantitative estimate of drug-likeness (QED) is 0.797. The molecule has 2 atom stereocenters. The Morgan fingerprint density at radius 2 is 2.26 bits per heavy atom. The van der Waals surface area contributed by atoms with Crippen LogP contribution in [-0.2, 0) is 11.2 Å². The normalized spacial score (nSPS) is 19.2. The molecule has 0 saturated heterocycles. The second kappa shape index (κ2) is 6.42. The molecule has 1 aliphatic heterocycles. The fourth-order valence-electron chi connectivity index (χ4n) is 2.28. The summed E-state index contributed by atoms with van der Waals surface area (Å²) in [5, 5.41) is 0. The fourth-order valence-corrected chi connectivity index (χ4v) is 2.48. The van der Waals surface area contributed by atoms with Crippen molar-refractivity contribution < 1.29 is 9.53 Å². The predicted molar refractivity (Wildman–Crippen MR) is 79.8 cm³/mol. The van der Waals surface area contributed by atoms with Gasteiger partial charge in [-0.2, -0.15) is 0 Å². The largest absolute Gasteiger partial charge is 0.492 e. The van der Waals surface area contributed by atoms with Crippen molar-refractivity contribution in [3.05, 3.63) is 29.8 Å². The first kappa shape index (κ1) is 14.4. The van der Waals surface area contributed by atoms with Gasteiger partial charge in [-0.05, 0) is 24.5 Å². The summed E-state index contributed by atoms with van der Waals surface area (Å²) in [4.78, 5) is 14.6. The lowest BCUT2D eigenvalue weighted by molar-refractivity contribution is -0.135. The van der Waals surface area contributed by atoms with E-state index in [9.17, 15) is 4.79 Å². The zero-order chi connectivity index (χ0) is 13.8. The van der Waals surface area contributed by atoms with Crippen LogP contribution in [0.15, 0.2) is 24.3 Å². The van der Waals surface area contributed by atoms with E-state index in [1.54, 1.807) is 0 Å². The van der Waals surface area contributed by atoms with Gasteiger partial charge in [0.1, 0.15) is 12.4 Å². The van der Waals surface area contributed by atoms with Gasteiger partial charge in [0.2, 0.25) is 5.91 Å². The molecule has 19 heavy (non-hydrogen) atoms. The maximum absolute atomic E-state index is 12.4. The van der Waals surface area contributed by atoms with Crippen molar-refractivity contribution in [3.63, 3.8) is 0 Å². The van der Waals surface area contributed by atoms with Crippen LogP contribution in [0.1, 0.15) is 18.9 Å². The lowest BCUT2D eigenvalue weighted by Crippen LogP contribution is -2.39. The Morgan fingerprint density at radius 1 is 1.53 bits per heavy atom. The first-order chi connectivity index (χ1) is 9.08. The van der Waals surface area contributed by atoms with Gasteiger partial charge in [-0.1, -0.05) is 41.1 Å². The molecule has 0 N–H and O–H groups in total. The van der Waals surface area contributed by atoms with Gasteiger partial charge in [0.05, 0.1) is 5.92 Å². The number of ether oxygens (including phenoxy) is 1. The molecule has 1 heterocycles. The Hall–Kier alpha value is -1.03. The molecule has 1 aliphatic rings. The highest BCUT2D eigenvalue weighted by molar-refractivity contribution is 9.09. The topological polar surface area (TPSA) is 29.5 Å². The van der Waals surface area contributed by atoms with Crippen LogP contribution in [0.5, 0.6) is 5.75 Å². The molecule has 0 saturated carbocycles. The first-order valence-electron chi connectivity index (χ1n) is 6.67. The Labute approximate surface area is 123 Å². The third-order valence-corrected chi connectivity index (χ3v) is 3.92. The highest BCUT2D eigenvalue weighted by Crippen LogP contribution is 2.27. The zero-order valence-corrected chi connectivity index (χ0v) is 13.0. The molecule has 3 nitrogen and oxygen atoms in total. The number of amides is 1. The SMILES string of the molecule is CC(Br)CCN(C)C(=O)C1COc2ccccc2C1. The minimum Gasteiger partial charge on any atom is -0.492 e. The summed E-state index contributed by atoms with van der Waals surface area (Å²) in [5.41, 5.74) is 1.13. The lowest BCUT2D eigenvalue weighted by Gasteiger charge is -2.28. The number of alkyl halides is 1. The maximum Gasteiger partial charge on any atom is 0.229 e. The molecule has 2 rings (SSSR count). The van der Waals surface area contributed by atoms with Gasteiger partial charge in [0, 0.05) is 18.4 Å². The molecule has 0 aliphatic carbocycles. The average molecular weight is 326 g/mol. The van der Waals surface area contributed by atoms with Gasteiger partial charge >= 0.3 is 0 Å². The molecule has 1 aromatic carbocycles. The third-order valence-electron chi connectivity index (χ3n) is 3.47. The van der Waals surface area contributed by atoms with Crippen molar-refractivity contribution in [2.24, 2.45) is 5.92 Å². The molecule has 0 spiro atoms. The minimum absolute atomic E-state index is 0.0504. The summed E-state index contributed by atoms with van der Waals surface area (Å²) < 4.78 is 5.68. The number of halogens is 1. The number of hydrogen-bond donors (Lipinski definition) is 0. The number of hydrogen-bond acceptors (Lipinski definition) is 2. The average Bonchev–Trinajstić information content (AvgIpc) is 2.43. The van der Waals surface area contributed by atoms with E-state index in [1.165, 1.54) is 0 Å². The van der Waals surface area contributed by atoms with Crippen LogP contribution >= 0.6 is 15.9 Å². The highest BCUT2D eigenvalue weighted by Gasteiger charge is 2.27. The molecule has 4 heteroatoms. The van der Waals surface area contributed by atoms with E-state index >= 15 is 0 Å². The second-order valence-corrected chi connectivity index (χ2v) is 6.71. The molecule has 0 aromatic heterocycles. The van der Waals surface area contributed by atoms with E-state index in [0.29, 0.717) is 11.4 Å². The van der Waals surface area contributed by atoms with E-state index in [4.69, 9.17) is 4.74 Å². The van der Waals surface area contributed by atoms with Crippen molar-refractivity contribution in [3.8, 4) is 5.75 Å². The van der Waals surface area contributed by atoms with Crippen LogP contribution in [0, 0.1) is 5.92 Å². The Balaban J connectivity index is 1.95. The van der Waals surface area contributed by atoms with Crippen molar-refractivity contribution in [1.29, 1.82) is 0 Å². The number of fused-ring (bicyclic) bond motifs is 1. The minimum atomic E-state index is -0.0504. The predicted octanol–water partition coefficient (Wildman–Crippen LogP) is 2.87. The molecule has 0 bridgehead atoms. The molecule has 2 unspecified atom stereocenters. The summed E-state index contributed by atoms with van der Waals surface area (Å²) in [6.07, 6.45) is 1.75. The lowest BCUT2D eigenvalue weighted by atomic mass is 9.95. The molecule has 104 valence electrons. The van der Waals surface area contributed by atoms with Crippen LogP contribution in [0.4, 0.5) is 0 Å². The van der Waals surface area contributed by atoms with Crippen LogP contribution < -0.4 is 4.74 Å². The number of benzene rings is 1. The van der Waals surface area contributed by atoms with Gasteiger partial charge in [0.15, 0.2) is 0 Å². The summed E-state index contributed by atoms with van der Waals surface area (Å²) in [6, 6.07) is 7.96. The summed E-state index contributed by atoms with van der Waals surface area (Å²) in [7, 11) is 1.87. The van der Waals surface area contributed by atoms with E-state index in [1.807, 2.05) is 36.2 Å². The summed E-state index contributed by atoms with van der Waals surface area (Å²) >= 11 is 3.51. The summed E-state index contributed by atoms with van der Waals surface area (Å²) in [6.45, 7) is 3.37. The fraction of sp³-hybridized carbons (Fsp3) is 0.533. The van der Waals surface area contributed by atoms with Crippen molar-refractivity contribution >= 4 is 21.8 Å². The van der Waals surface area contributed by atoms with Crippen molar-refractivity contribution in [1.82, 2.24) is 4.90 Å². The number of para-hydroxylation sites is 1. The van der Waals surface area contributed by atoms with Crippen molar-refractivity contribution in [2.45, 2.75) is 24.6 Å². The van der Waals surface area contributed by atoms with Gasteiger partial charge in [-0.15, -0.1) is 0 Å². The van der Waals surface area contributed by atoms with Crippen LogP contribution in [0.25, 0.3) is 0 Å². The Morgan fingerprint density at radius 3 is 3.00 bits per heavy atom. The highest BCUT2D eigenvalue weighted by atomic mass is 79.9. The molecular weight excluding hydrogens is 306 g/mol. The van der Waals surface area contributed by atoms with Gasteiger partial charge < -0.3 is 9.64 Å².